The standard InChI is InChI=1S/C15H26N4O/c1-3-8-12-11-13(19-16)18-14(17-12)15(20-2)9-6-4-5-7-10-15/h11H,3-10,16H2,1-2H3,(H,17,18,19). The van der Waals surface area contributed by atoms with Gasteiger partial charge in [0.1, 0.15) is 11.4 Å². The molecule has 0 saturated heterocycles. The zero-order valence-corrected chi connectivity index (χ0v) is 12.6. The first-order chi connectivity index (χ1) is 9.74. The second-order valence-electron chi connectivity index (χ2n) is 5.58. The Morgan fingerprint density at radius 3 is 2.50 bits per heavy atom. The molecule has 3 N–H and O–H groups in total. The van der Waals surface area contributed by atoms with Gasteiger partial charge in [0, 0.05) is 18.9 Å². The molecule has 1 heterocycles. The highest BCUT2D eigenvalue weighted by Crippen LogP contribution is 2.37. The van der Waals surface area contributed by atoms with E-state index < -0.39 is 0 Å². The summed E-state index contributed by atoms with van der Waals surface area (Å²) in [6.07, 6.45) is 8.83. The Balaban J connectivity index is 2.38. The highest BCUT2D eigenvalue weighted by Gasteiger charge is 2.36. The number of nitrogens with two attached hydrogens (primary N) is 1. The van der Waals surface area contributed by atoms with Crippen LogP contribution < -0.4 is 11.3 Å². The van der Waals surface area contributed by atoms with Crippen molar-refractivity contribution >= 4 is 5.82 Å². The third kappa shape index (κ3) is 3.27. The average molecular weight is 278 g/mol. The van der Waals surface area contributed by atoms with Crippen molar-refractivity contribution in [2.24, 2.45) is 5.84 Å². The lowest BCUT2D eigenvalue weighted by Gasteiger charge is -2.30. The molecule has 0 unspecified atom stereocenters. The quantitative estimate of drug-likeness (QED) is 0.492. The van der Waals surface area contributed by atoms with Crippen molar-refractivity contribution in [1.29, 1.82) is 0 Å². The summed E-state index contributed by atoms with van der Waals surface area (Å²) in [5.41, 5.74) is 3.35. The van der Waals surface area contributed by atoms with E-state index in [1.165, 1.54) is 25.7 Å². The van der Waals surface area contributed by atoms with E-state index in [0.717, 1.165) is 37.2 Å². The van der Waals surface area contributed by atoms with E-state index in [-0.39, 0.29) is 5.60 Å². The van der Waals surface area contributed by atoms with Crippen LogP contribution in [-0.4, -0.2) is 17.1 Å². The third-order valence-electron chi connectivity index (χ3n) is 4.14. The molecule has 1 aliphatic rings. The lowest BCUT2D eigenvalue weighted by atomic mass is 9.93. The zero-order chi connectivity index (χ0) is 14.4. The molecule has 0 amide bonds. The summed E-state index contributed by atoms with van der Waals surface area (Å²) < 4.78 is 5.88. The van der Waals surface area contributed by atoms with Gasteiger partial charge in [0.15, 0.2) is 5.82 Å². The van der Waals surface area contributed by atoms with Gasteiger partial charge in [-0.15, -0.1) is 0 Å². The number of nitrogen functional groups attached to an aromatic ring is 1. The molecule has 0 aliphatic heterocycles. The number of rotatable bonds is 5. The summed E-state index contributed by atoms with van der Waals surface area (Å²) in [5, 5.41) is 0. The first-order valence-electron chi connectivity index (χ1n) is 7.64. The van der Waals surface area contributed by atoms with Crippen molar-refractivity contribution in [3.05, 3.63) is 17.6 Å². The maximum absolute atomic E-state index is 5.88. The summed E-state index contributed by atoms with van der Waals surface area (Å²) in [4.78, 5) is 9.32. The molecule has 5 nitrogen and oxygen atoms in total. The number of aromatic nitrogens is 2. The summed E-state index contributed by atoms with van der Waals surface area (Å²) in [5.74, 6) is 7.02. The average Bonchev–Trinajstić information content (AvgIpc) is 2.73. The summed E-state index contributed by atoms with van der Waals surface area (Å²) in [6, 6.07) is 1.92. The Kier molecular flexibility index (Phi) is 5.31. The van der Waals surface area contributed by atoms with Crippen LogP contribution in [0.3, 0.4) is 0 Å². The van der Waals surface area contributed by atoms with Crippen LogP contribution in [0.15, 0.2) is 6.07 Å². The van der Waals surface area contributed by atoms with Gasteiger partial charge in [-0.3, -0.25) is 0 Å². The molecule has 0 bridgehead atoms. The Morgan fingerprint density at radius 2 is 1.95 bits per heavy atom. The minimum Gasteiger partial charge on any atom is -0.370 e. The van der Waals surface area contributed by atoms with E-state index in [1.54, 1.807) is 7.11 Å². The predicted octanol–water partition coefficient (Wildman–Crippen LogP) is 2.91. The van der Waals surface area contributed by atoms with Gasteiger partial charge in [0.25, 0.3) is 0 Å². The minimum atomic E-state index is -0.341. The molecule has 0 aromatic carbocycles. The molecular weight excluding hydrogens is 252 g/mol. The largest absolute Gasteiger partial charge is 0.370 e. The molecule has 20 heavy (non-hydrogen) atoms. The molecule has 1 fully saturated rings. The molecule has 1 aromatic heterocycles. The fraction of sp³-hybridized carbons (Fsp3) is 0.733. The van der Waals surface area contributed by atoms with E-state index in [1.807, 2.05) is 6.07 Å². The van der Waals surface area contributed by atoms with E-state index in [2.05, 4.69) is 17.3 Å². The van der Waals surface area contributed by atoms with Gasteiger partial charge in [-0.1, -0.05) is 39.0 Å². The van der Waals surface area contributed by atoms with Crippen LogP contribution in [0.4, 0.5) is 5.82 Å². The molecule has 0 radical (unpaired) electrons. The molecule has 5 heteroatoms. The van der Waals surface area contributed by atoms with Gasteiger partial charge >= 0.3 is 0 Å². The zero-order valence-electron chi connectivity index (χ0n) is 12.6. The van der Waals surface area contributed by atoms with Gasteiger partial charge in [-0.05, 0) is 19.3 Å². The van der Waals surface area contributed by atoms with E-state index >= 15 is 0 Å². The molecular formula is C15H26N4O. The van der Waals surface area contributed by atoms with E-state index in [0.29, 0.717) is 5.82 Å². The molecule has 0 spiro atoms. The second kappa shape index (κ2) is 6.99. The van der Waals surface area contributed by atoms with Crippen LogP contribution >= 0.6 is 0 Å². The highest BCUT2D eigenvalue weighted by molar-refractivity contribution is 5.35. The van der Waals surface area contributed by atoms with Gasteiger partial charge in [-0.25, -0.2) is 15.8 Å². The molecule has 2 rings (SSSR count). The smallest absolute Gasteiger partial charge is 0.162 e. The Hall–Kier alpha value is -1.20. The van der Waals surface area contributed by atoms with Crippen LogP contribution in [0.25, 0.3) is 0 Å². The van der Waals surface area contributed by atoms with Gasteiger partial charge in [0.2, 0.25) is 0 Å². The first kappa shape index (κ1) is 15.2. The Morgan fingerprint density at radius 1 is 1.25 bits per heavy atom. The van der Waals surface area contributed by atoms with Crippen molar-refractivity contribution < 1.29 is 4.74 Å². The van der Waals surface area contributed by atoms with Crippen molar-refractivity contribution in [2.45, 2.75) is 63.9 Å². The van der Waals surface area contributed by atoms with Crippen LogP contribution in [0.2, 0.25) is 0 Å². The summed E-state index contributed by atoms with van der Waals surface area (Å²) >= 11 is 0. The number of anilines is 1. The van der Waals surface area contributed by atoms with Crippen LogP contribution in [-0.2, 0) is 16.8 Å². The topological polar surface area (TPSA) is 73.1 Å². The number of hydrogen-bond acceptors (Lipinski definition) is 5. The number of ether oxygens (including phenoxy) is 1. The van der Waals surface area contributed by atoms with E-state index in [4.69, 9.17) is 15.6 Å². The van der Waals surface area contributed by atoms with Gasteiger partial charge in [0.05, 0.1) is 0 Å². The fourth-order valence-electron chi connectivity index (χ4n) is 2.98. The molecule has 1 saturated carbocycles. The number of nitrogens with zero attached hydrogens (tertiary/aromatic N) is 2. The number of methoxy groups -OCH3 is 1. The predicted molar refractivity (Wildman–Crippen MR) is 80.2 cm³/mol. The molecule has 0 atom stereocenters. The van der Waals surface area contributed by atoms with Gasteiger partial charge in [-0.2, -0.15) is 0 Å². The highest BCUT2D eigenvalue weighted by atomic mass is 16.5. The van der Waals surface area contributed by atoms with Gasteiger partial charge < -0.3 is 10.2 Å². The Labute approximate surface area is 121 Å². The second-order valence-corrected chi connectivity index (χ2v) is 5.58. The lowest BCUT2D eigenvalue weighted by molar-refractivity contribution is -0.0352. The van der Waals surface area contributed by atoms with Crippen molar-refractivity contribution in [1.82, 2.24) is 9.97 Å². The summed E-state index contributed by atoms with van der Waals surface area (Å²) in [6.45, 7) is 2.15. The molecule has 112 valence electrons. The SMILES string of the molecule is CCCc1cc(NN)nc(C2(OC)CCCCCC2)n1. The van der Waals surface area contributed by atoms with Crippen LogP contribution in [0.5, 0.6) is 0 Å². The lowest BCUT2D eigenvalue weighted by Crippen LogP contribution is -2.31. The van der Waals surface area contributed by atoms with Crippen molar-refractivity contribution in [3.63, 3.8) is 0 Å². The summed E-state index contributed by atoms with van der Waals surface area (Å²) in [7, 11) is 1.77. The van der Waals surface area contributed by atoms with E-state index in [9.17, 15) is 0 Å². The fourth-order valence-corrected chi connectivity index (χ4v) is 2.98. The van der Waals surface area contributed by atoms with Crippen LogP contribution in [0, 0.1) is 0 Å². The molecule has 1 aromatic rings. The first-order valence-corrected chi connectivity index (χ1v) is 7.64. The van der Waals surface area contributed by atoms with Crippen LogP contribution in [0.1, 0.15) is 63.4 Å². The number of nitrogens with one attached hydrogen (secondary N) is 1. The maximum atomic E-state index is 5.88. The van der Waals surface area contributed by atoms with Crippen molar-refractivity contribution in [3.8, 4) is 0 Å². The normalized spacial score (nSPS) is 18.6. The number of aryl methyl sites for hydroxylation is 1. The third-order valence-corrected chi connectivity index (χ3v) is 4.14. The monoisotopic (exact) mass is 278 g/mol. The number of hydrazine groups is 1. The Bertz CT molecular complexity index is 428. The maximum Gasteiger partial charge on any atom is 0.162 e. The molecule has 1 aliphatic carbocycles. The number of hydrogen-bond donors (Lipinski definition) is 2. The minimum absolute atomic E-state index is 0.341. The van der Waals surface area contributed by atoms with Crippen molar-refractivity contribution in [2.75, 3.05) is 12.5 Å².